The highest BCUT2D eigenvalue weighted by molar-refractivity contribution is 6.30. The summed E-state index contributed by atoms with van der Waals surface area (Å²) < 4.78 is 1.77. The molecule has 6 heteroatoms. The van der Waals surface area contributed by atoms with Crippen molar-refractivity contribution in [3.05, 3.63) is 52.8 Å². The molecule has 2 heterocycles. The number of likely N-dealkylation sites (tertiary alicyclic amines) is 1. The lowest BCUT2D eigenvalue weighted by atomic mass is 10.1. The molecule has 0 aliphatic carbocycles. The number of benzene rings is 1. The predicted octanol–water partition coefficient (Wildman–Crippen LogP) is 3.16. The second-order valence-electron chi connectivity index (χ2n) is 5.91. The van der Waals surface area contributed by atoms with Gasteiger partial charge in [0.25, 0.3) is 0 Å². The smallest absolute Gasteiger partial charge is 0.317 e. The van der Waals surface area contributed by atoms with Crippen LogP contribution in [0, 0.1) is 0 Å². The van der Waals surface area contributed by atoms with Crippen LogP contribution in [0.1, 0.15) is 30.0 Å². The van der Waals surface area contributed by atoms with Gasteiger partial charge in [-0.1, -0.05) is 23.7 Å². The van der Waals surface area contributed by atoms with Crippen LogP contribution in [0.25, 0.3) is 0 Å². The number of nitrogens with one attached hydrogen (secondary N) is 1. The van der Waals surface area contributed by atoms with Crippen molar-refractivity contribution >= 4 is 17.6 Å². The first-order chi connectivity index (χ1) is 11.1. The van der Waals surface area contributed by atoms with Gasteiger partial charge in [-0.05, 0) is 42.5 Å². The van der Waals surface area contributed by atoms with Crippen molar-refractivity contribution in [3.8, 4) is 0 Å². The number of aromatic nitrogens is 2. The largest absolute Gasteiger partial charge is 0.338 e. The Kier molecular flexibility index (Phi) is 4.86. The summed E-state index contributed by atoms with van der Waals surface area (Å²) in [5.41, 5.74) is 2.23. The zero-order chi connectivity index (χ0) is 16.2. The van der Waals surface area contributed by atoms with Crippen molar-refractivity contribution in [1.82, 2.24) is 20.0 Å². The Morgan fingerprint density at radius 3 is 3.09 bits per heavy atom. The van der Waals surface area contributed by atoms with E-state index in [0.29, 0.717) is 11.6 Å². The molecule has 0 saturated carbocycles. The van der Waals surface area contributed by atoms with E-state index in [-0.39, 0.29) is 12.1 Å². The molecule has 1 fully saturated rings. The van der Waals surface area contributed by atoms with Gasteiger partial charge in [0.05, 0.1) is 12.2 Å². The summed E-state index contributed by atoms with van der Waals surface area (Å²) in [6.45, 7) is 1.40. The Hall–Kier alpha value is -2.01. The van der Waals surface area contributed by atoms with E-state index >= 15 is 0 Å². The number of amides is 2. The monoisotopic (exact) mass is 332 g/mol. The fourth-order valence-corrected chi connectivity index (χ4v) is 3.29. The van der Waals surface area contributed by atoms with E-state index in [9.17, 15) is 4.79 Å². The van der Waals surface area contributed by atoms with Crippen LogP contribution < -0.4 is 5.32 Å². The first-order valence-electron chi connectivity index (χ1n) is 7.91. The number of halogens is 1. The van der Waals surface area contributed by atoms with Crippen molar-refractivity contribution in [2.75, 3.05) is 13.1 Å². The summed E-state index contributed by atoms with van der Waals surface area (Å²) in [4.78, 5) is 14.4. The first-order valence-corrected chi connectivity index (χ1v) is 8.29. The summed E-state index contributed by atoms with van der Waals surface area (Å²) in [5.74, 6) is 0. The molecule has 0 radical (unpaired) electrons. The lowest BCUT2D eigenvalue weighted by Gasteiger charge is -2.25. The van der Waals surface area contributed by atoms with Crippen LogP contribution in [-0.2, 0) is 13.5 Å². The Balaban J connectivity index is 1.57. The highest BCUT2D eigenvalue weighted by atomic mass is 35.5. The lowest BCUT2D eigenvalue weighted by molar-refractivity contribution is 0.193. The molecule has 5 nitrogen and oxygen atoms in total. The van der Waals surface area contributed by atoms with Gasteiger partial charge in [-0.25, -0.2) is 4.79 Å². The highest BCUT2D eigenvalue weighted by Gasteiger charge is 2.29. The van der Waals surface area contributed by atoms with Crippen LogP contribution in [0.3, 0.4) is 0 Å². The molecule has 1 aliphatic heterocycles. The zero-order valence-electron chi connectivity index (χ0n) is 13.2. The average Bonchev–Trinajstić information content (AvgIpc) is 3.16. The van der Waals surface area contributed by atoms with Gasteiger partial charge in [0.2, 0.25) is 0 Å². The molecular weight excluding hydrogens is 312 g/mol. The third kappa shape index (κ3) is 3.85. The van der Waals surface area contributed by atoms with Crippen LogP contribution in [0.2, 0.25) is 5.02 Å². The van der Waals surface area contributed by atoms with Crippen molar-refractivity contribution in [1.29, 1.82) is 0 Å². The van der Waals surface area contributed by atoms with E-state index in [1.807, 2.05) is 48.6 Å². The number of hydrogen-bond donors (Lipinski definition) is 1. The summed E-state index contributed by atoms with van der Waals surface area (Å²) in [6.07, 6.45) is 6.59. The minimum absolute atomic E-state index is 0.00336. The summed E-state index contributed by atoms with van der Waals surface area (Å²) in [6, 6.07) is 7.90. The van der Waals surface area contributed by atoms with Crippen LogP contribution in [-0.4, -0.2) is 33.8 Å². The van der Waals surface area contributed by atoms with Crippen molar-refractivity contribution in [2.45, 2.75) is 25.3 Å². The summed E-state index contributed by atoms with van der Waals surface area (Å²) in [5, 5.41) is 7.86. The molecule has 1 saturated heterocycles. The summed E-state index contributed by atoms with van der Waals surface area (Å²) >= 11 is 6.08. The van der Waals surface area contributed by atoms with Gasteiger partial charge >= 0.3 is 6.03 Å². The highest BCUT2D eigenvalue weighted by Crippen LogP contribution is 2.32. The van der Waals surface area contributed by atoms with E-state index in [4.69, 9.17) is 11.6 Å². The topological polar surface area (TPSA) is 50.2 Å². The van der Waals surface area contributed by atoms with E-state index in [0.717, 1.165) is 36.9 Å². The van der Waals surface area contributed by atoms with E-state index in [1.54, 1.807) is 4.68 Å². The van der Waals surface area contributed by atoms with Gasteiger partial charge in [-0.3, -0.25) is 4.68 Å². The van der Waals surface area contributed by atoms with Crippen LogP contribution in [0.15, 0.2) is 36.7 Å². The Morgan fingerprint density at radius 2 is 2.35 bits per heavy atom. The minimum Gasteiger partial charge on any atom is -0.338 e. The number of hydrogen-bond acceptors (Lipinski definition) is 2. The molecule has 1 atom stereocenters. The van der Waals surface area contributed by atoms with Gasteiger partial charge in [-0.15, -0.1) is 0 Å². The Bertz CT molecular complexity index is 685. The fraction of sp³-hybridized carbons (Fsp3) is 0.412. The van der Waals surface area contributed by atoms with E-state index < -0.39 is 0 Å². The van der Waals surface area contributed by atoms with Gasteiger partial charge in [0, 0.05) is 31.4 Å². The van der Waals surface area contributed by atoms with Crippen LogP contribution in [0.4, 0.5) is 4.79 Å². The lowest BCUT2D eigenvalue weighted by Crippen LogP contribution is -2.40. The zero-order valence-corrected chi connectivity index (χ0v) is 14.0. The molecule has 2 aromatic rings. The number of carbonyl (C=O) groups is 1. The molecule has 0 spiro atoms. The molecule has 1 aliphatic rings. The number of rotatable bonds is 4. The second kappa shape index (κ2) is 7.04. The maximum atomic E-state index is 12.5. The molecule has 0 bridgehead atoms. The Labute approximate surface area is 141 Å². The quantitative estimate of drug-likeness (QED) is 0.935. The van der Waals surface area contributed by atoms with Crippen molar-refractivity contribution in [3.63, 3.8) is 0 Å². The van der Waals surface area contributed by atoms with Gasteiger partial charge < -0.3 is 10.2 Å². The molecular formula is C17H21ClN4O. The van der Waals surface area contributed by atoms with Gasteiger partial charge in [0.15, 0.2) is 0 Å². The Morgan fingerprint density at radius 1 is 1.48 bits per heavy atom. The molecule has 122 valence electrons. The minimum atomic E-state index is -0.00336. The molecule has 1 aromatic heterocycles. The normalized spacial score (nSPS) is 17.5. The molecule has 1 aromatic carbocycles. The second-order valence-corrected chi connectivity index (χ2v) is 6.35. The number of nitrogens with zero attached hydrogens (tertiary/aromatic N) is 3. The maximum absolute atomic E-state index is 12.5. The third-order valence-electron chi connectivity index (χ3n) is 4.20. The number of urea groups is 1. The van der Waals surface area contributed by atoms with Crippen molar-refractivity contribution in [2.24, 2.45) is 7.05 Å². The first kappa shape index (κ1) is 15.9. The average molecular weight is 333 g/mol. The van der Waals surface area contributed by atoms with Gasteiger partial charge in [0.1, 0.15) is 0 Å². The van der Waals surface area contributed by atoms with E-state index in [1.165, 1.54) is 0 Å². The summed E-state index contributed by atoms with van der Waals surface area (Å²) in [7, 11) is 1.89. The number of carbonyl (C=O) groups excluding carboxylic acids is 1. The van der Waals surface area contributed by atoms with Crippen LogP contribution >= 0.6 is 11.6 Å². The molecule has 1 N–H and O–H groups in total. The fourth-order valence-electron chi connectivity index (χ4n) is 3.09. The SMILES string of the molecule is Cn1cc(CCNC(=O)N2CCCC2c2cccc(Cl)c2)cn1. The maximum Gasteiger partial charge on any atom is 0.317 e. The van der Waals surface area contributed by atoms with E-state index in [2.05, 4.69) is 10.4 Å². The molecule has 2 amide bonds. The van der Waals surface area contributed by atoms with Crippen molar-refractivity contribution < 1.29 is 4.79 Å². The number of aryl methyl sites for hydroxylation is 1. The standard InChI is InChI=1S/C17H21ClN4O/c1-21-12-13(11-20-21)7-8-19-17(23)22-9-3-6-16(22)14-4-2-5-15(18)10-14/h2,4-5,10-12,16H,3,6-9H2,1H3,(H,19,23). The third-order valence-corrected chi connectivity index (χ3v) is 4.43. The van der Waals surface area contributed by atoms with Crippen LogP contribution in [0.5, 0.6) is 0 Å². The predicted molar refractivity (Wildman–Crippen MR) is 90.4 cm³/mol. The molecule has 23 heavy (non-hydrogen) atoms. The molecule has 1 unspecified atom stereocenters. The molecule has 3 rings (SSSR count). The van der Waals surface area contributed by atoms with Gasteiger partial charge in [-0.2, -0.15) is 5.10 Å².